The van der Waals surface area contributed by atoms with Crippen LogP contribution in [-0.4, -0.2) is 31.7 Å². The standard InChI is InChI=1S/C14H17N3O3/c1-10-4-5-12(11(9-10)3-2-6-15)13(18)17-7-8-20-14(16)19/h4-5,9H,6-8,15H2,1H3,(H2,16,19)(H,17,18). The van der Waals surface area contributed by atoms with Crippen molar-refractivity contribution < 1.29 is 14.3 Å². The Morgan fingerprint density at radius 3 is 2.80 bits per heavy atom. The highest BCUT2D eigenvalue weighted by molar-refractivity contribution is 5.96. The molecular formula is C14H17N3O3. The first-order chi connectivity index (χ1) is 9.54. The largest absolute Gasteiger partial charge is 0.448 e. The monoisotopic (exact) mass is 275 g/mol. The number of rotatable bonds is 4. The molecule has 106 valence electrons. The van der Waals surface area contributed by atoms with Gasteiger partial charge >= 0.3 is 6.09 Å². The number of nitrogens with two attached hydrogens (primary N) is 2. The summed E-state index contributed by atoms with van der Waals surface area (Å²) in [5, 5.41) is 2.62. The minimum Gasteiger partial charge on any atom is -0.448 e. The molecule has 0 spiro atoms. The molecule has 0 unspecified atom stereocenters. The molecule has 0 aliphatic rings. The quantitative estimate of drug-likeness (QED) is 0.536. The topological polar surface area (TPSA) is 107 Å². The summed E-state index contributed by atoms with van der Waals surface area (Å²) in [7, 11) is 0. The second-order valence-electron chi connectivity index (χ2n) is 3.98. The summed E-state index contributed by atoms with van der Waals surface area (Å²) in [4.78, 5) is 22.4. The van der Waals surface area contributed by atoms with Crippen molar-refractivity contribution >= 4 is 12.0 Å². The Kier molecular flexibility index (Phi) is 6.07. The maximum absolute atomic E-state index is 12.0. The van der Waals surface area contributed by atoms with E-state index < -0.39 is 6.09 Å². The van der Waals surface area contributed by atoms with Crippen molar-refractivity contribution in [1.29, 1.82) is 0 Å². The number of hydrogen-bond acceptors (Lipinski definition) is 4. The van der Waals surface area contributed by atoms with Gasteiger partial charge in [-0.1, -0.05) is 17.9 Å². The van der Waals surface area contributed by atoms with Gasteiger partial charge in [-0.2, -0.15) is 0 Å². The molecule has 6 nitrogen and oxygen atoms in total. The van der Waals surface area contributed by atoms with Crippen molar-refractivity contribution in [3.05, 3.63) is 34.9 Å². The van der Waals surface area contributed by atoms with Gasteiger partial charge in [0.25, 0.3) is 5.91 Å². The molecule has 0 bridgehead atoms. The number of carbonyl (C=O) groups excluding carboxylic acids is 2. The average Bonchev–Trinajstić information content (AvgIpc) is 2.41. The predicted octanol–water partition coefficient (Wildman–Crippen LogP) is 0.130. The fourth-order valence-corrected chi connectivity index (χ4v) is 1.52. The third kappa shape index (κ3) is 5.00. The van der Waals surface area contributed by atoms with Crippen molar-refractivity contribution in [1.82, 2.24) is 5.32 Å². The van der Waals surface area contributed by atoms with Crippen molar-refractivity contribution in [2.24, 2.45) is 11.5 Å². The molecule has 0 saturated carbocycles. The highest BCUT2D eigenvalue weighted by Gasteiger charge is 2.10. The van der Waals surface area contributed by atoms with Crippen LogP contribution < -0.4 is 16.8 Å². The second-order valence-corrected chi connectivity index (χ2v) is 3.98. The normalized spacial score (nSPS) is 9.30. The first-order valence-electron chi connectivity index (χ1n) is 6.04. The summed E-state index contributed by atoms with van der Waals surface area (Å²) in [5.41, 5.74) is 12.2. The average molecular weight is 275 g/mol. The van der Waals surface area contributed by atoms with E-state index in [2.05, 4.69) is 21.9 Å². The molecule has 1 aromatic rings. The SMILES string of the molecule is Cc1ccc(C(=O)NCCOC(N)=O)c(C#CCN)c1. The molecule has 0 radical (unpaired) electrons. The fourth-order valence-electron chi connectivity index (χ4n) is 1.52. The summed E-state index contributed by atoms with van der Waals surface area (Å²) in [6.07, 6.45) is -0.871. The summed E-state index contributed by atoms with van der Waals surface area (Å²) < 4.78 is 4.52. The van der Waals surface area contributed by atoms with E-state index in [-0.39, 0.29) is 25.6 Å². The van der Waals surface area contributed by atoms with Gasteiger partial charge in [0.15, 0.2) is 0 Å². The number of primary amides is 1. The molecule has 1 aromatic carbocycles. The van der Waals surface area contributed by atoms with Crippen LogP contribution in [0.1, 0.15) is 21.5 Å². The lowest BCUT2D eigenvalue weighted by Gasteiger charge is -2.07. The highest BCUT2D eigenvalue weighted by Crippen LogP contribution is 2.10. The maximum Gasteiger partial charge on any atom is 0.404 e. The van der Waals surface area contributed by atoms with Crippen LogP contribution in [0, 0.1) is 18.8 Å². The summed E-state index contributed by atoms with van der Waals surface area (Å²) in [6.45, 7) is 2.34. The molecule has 1 rings (SSSR count). The van der Waals surface area contributed by atoms with Gasteiger partial charge in [0.2, 0.25) is 0 Å². The zero-order valence-electron chi connectivity index (χ0n) is 11.2. The van der Waals surface area contributed by atoms with Crippen LogP contribution in [0.5, 0.6) is 0 Å². The number of hydrogen-bond donors (Lipinski definition) is 3. The summed E-state index contributed by atoms with van der Waals surface area (Å²) in [5.74, 6) is 5.29. The molecule has 0 aliphatic carbocycles. The van der Waals surface area contributed by atoms with E-state index in [1.807, 2.05) is 19.1 Å². The fraction of sp³-hybridized carbons (Fsp3) is 0.286. The molecule has 20 heavy (non-hydrogen) atoms. The number of carbonyl (C=O) groups is 2. The van der Waals surface area contributed by atoms with E-state index in [4.69, 9.17) is 11.5 Å². The molecule has 0 aliphatic heterocycles. The molecule has 5 N–H and O–H groups in total. The minimum absolute atomic E-state index is 0.0246. The van der Waals surface area contributed by atoms with Crippen molar-refractivity contribution in [3.8, 4) is 11.8 Å². The van der Waals surface area contributed by atoms with Gasteiger partial charge in [-0.25, -0.2) is 4.79 Å². The Morgan fingerprint density at radius 2 is 2.15 bits per heavy atom. The minimum atomic E-state index is -0.871. The van der Waals surface area contributed by atoms with Crippen LogP contribution in [-0.2, 0) is 4.74 Å². The lowest BCUT2D eigenvalue weighted by atomic mass is 10.0. The van der Waals surface area contributed by atoms with E-state index in [1.54, 1.807) is 6.07 Å². The molecule has 0 heterocycles. The van der Waals surface area contributed by atoms with Gasteiger partial charge in [-0.05, 0) is 24.6 Å². The number of nitrogens with one attached hydrogen (secondary N) is 1. The Balaban J connectivity index is 2.74. The predicted molar refractivity (Wildman–Crippen MR) is 75.0 cm³/mol. The van der Waals surface area contributed by atoms with E-state index in [1.165, 1.54) is 0 Å². The summed E-state index contributed by atoms with van der Waals surface area (Å²) >= 11 is 0. The summed E-state index contributed by atoms with van der Waals surface area (Å²) in [6, 6.07) is 5.33. The van der Waals surface area contributed by atoms with Crippen LogP contribution in [0.3, 0.4) is 0 Å². The lowest BCUT2D eigenvalue weighted by molar-refractivity contribution is 0.0936. The van der Waals surface area contributed by atoms with Gasteiger partial charge in [-0.15, -0.1) is 0 Å². The third-order valence-corrected chi connectivity index (χ3v) is 2.38. The first kappa shape index (κ1) is 15.5. The van der Waals surface area contributed by atoms with Gasteiger partial charge in [0, 0.05) is 5.56 Å². The molecular weight excluding hydrogens is 258 g/mol. The third-order valence-electron chi connectivity index (χ3n) is 2.38. The molecule has 0 atom stereocenters. The van der Waals surface area contributed by atoms with Gasteiger partial charge < -0.3 is 21.5 Å². The number of ether oxygens (including phenoxy) is 1. The van der Waals surface area contributed by atoms with Crippen LogP contribution in [0.2, 0.25) is 0 Å². The first-order valence-corrected chi connectivity index (χ1v) is 6.04. The van der Waals surface area contributed by atoms with Crippen molar-refractivity contribution in [3.63, 3.8) is 0 Å². The van der Waals surface area contributed by atoms with E-state index >= 15 is 0 Å². The van der Waals surface area contributed by atoms with Crippen molar-refractivity contribution in [2.75, 3.05) is 19.7 Å². The highest BCUT2D eigenvalue weighted by atomic mass is 16.5. The van der Waals surface area contributed by atoms with Crippen LogP contribution in [0.15, 0.2) is 18.2 Å². The Bertz CT molecular complexity index is 559. The van der Waals surface area contributed by atoms with Crippen molar-refractivity contribution in [2.45, 2.75) is 6.92 Å². The molecule has 0 aromatic heterocycles. The maximum atomic E-state index is 12.0. The van der Waals surface area contributed by atoms with Gasteiger partial charge in [0.05, 0.1) is 18.7 Å². The number of amides is 2. The Hall–Kier alpha value is -2.52. The molecule has 2 amide bonds. The molecule has 6 heteroatoms. The van der Waals surface area contributed by atoms with Crippen LogP contribution in [0.4, 0.5) is 4.79 Å². The molecule has 0 fully saturated rings. The Morgan fingerprint density at radius 1 is 1.40 bits per heavy atom. The zero-order chi connectivity index (χ0) is 15.0. The smallest absolute Gasteiger partial charge is 0.404 e. The van der Waals surface area contributed by atoms with Gasteiger partial charge in [0.1, 0.15) is 6.61 Å². The zero-order valence-corrected chi connectivity index (χ0v) is 11.2. The van der Waals surface area contributed by atoms with E-state index in [0.29, 0.717) is 11.1 Å². The van der Waals surface area contributed by atoms with Crippen LogP contribution >= 0.6 is 0 Å². The Labute approximate surface area is 117 Å². The van der Waals surface area contributed by atoms with Crippen LogP contribution in [0.25, 0.3) is 0 Å². The number of benzene rings is 1. The van der Waals surface area contributed by atoms with E-state index in [9.17, 15) is 9.59 Å². The number of aryl methyl sites for hydroxylation is 1. The second kappa shape index (κ2) is 7.81. The molecule has 0 saturated heterocycles. The lowest BCUT2D eigenvalue weighted by Crippen LogP contribution is -2.29. The van der Waals surface area contributed by atoms with Gasteiger partial charge in [-0.3, -0.25) is 4.79 Å². The van der Waals surface area contributed by atoms with E-state index in [0.717, 1.165) is 5.56 Å².